The van der Waals surface area contributed by atoms with Crippen LogP contribution in [0.4, 0.5) is 14.6 Å². The van der Waals surface area contributed by atoms with Gasteiger partial charge in [0.05, 0.1) is 11.1 Å². The molecule has 1 saturated carbocycles. The Kier molecular flexibility index (Phi) is 5.06. The number of rotatable bonds is 7. The smallest absolute Gasteiger partial charge is 0.387 e. The second-order valence-corrected chi connectivity index (χ2v) is 6.70. The minimum atomic E-state index is -2.86. The van der Waals surface area contributed by atoms with Gasteiger partial charge in [-0.3, -0.25) is 4.79 Å². The molecule has 0 bridgehead atoms. The maximum Gasteiger partial charge on any atom is 0.387 e. The van der Waals surface area contributed by atoms with Crippen LogP contribution in [0.3, 0.4) is 0 Å². The van der Waals surface area contributed by atoms with Crippen molar-refractivity contribution in [2.24, 2.45) is 0 Å². The van der Waals surface area contributed by atoms with Crippen molar-refractivity contribution in [1.29, 1.82) is 0 Å². The molecule has 1 heterocycles. The maximum absolute atomic E-state index is 12.6. The van der Waals surface area contributed by atoms with Gasteiger partial charge in [-0.2, -0.15) is 8.78 Å². The summed E-state index contributed by atoms with van der Waals surface area (Å²) < 4.78 is 29.2. The van der Waals surface area contributed by atoms with E-state index in [4.69, 9.17) is 0 Å². The number of carbonyl (C=O) groups excluding carboxylic acids is 1. The van der Waals surface area contributed by atoms with Gasteiger partial charge in [0.1, 0.15) is 11.6 Å². The molecule has 144 valence electrons. The van der Waals surface area contributed by atoms with E-state index in [9.17, 15) is 13.6 Å². The van der Waals surface area contributed by atoms with E-state index in [0.29, 0.717) is 23.4 Å². The van der Waals surface area contributed by atoms with Crippen molar-refractivity contribution >= 4 is 22.6 Å². The summed E-state index contributed by atoms with van der Waals surface area (Å²) in [6, 6.07) is 15.9. The van der Waals surface area contributed by atoms with E-state index in [2.05, 4.69) is 20.4 Å². The molecule has 0 atom stereocenters. The highest BCUT2D eigenvalue weighted by Crippen LogP contribution is 2.24. The van der Waals surface area contributed by atoms with Crippen LogP contribution in [-0.2, 0) is 6.54 Å². The number of aromatic nitrogens is 1. The molecule has 1 aliphatic rings. The van der Waals surface area contributed by atoms with Crippen molar-refractivity contribution in [2.45, 2.75) is 32.0 Å². The number of fused-ring (bicyclic) bond motifs is 1. The highest BCUT2D eigenvalue weighted by Gasteiger charge is 2.25. The lowest BCUT2D eigenvalue weighted by atomic mass is 10.1. The third-order valence-corrected chi connectivity index (χ3v) is 4.47. The van der Waals surface area contributed by atoms with Crippen molar-refractivity contribution in [2.75, 3.05) is 5.32 Å². The normalized spacial score (nSPS) is 13.5. The highest BCUT2D eigenvalue weighted by atomic mass is 19.3. The van der Waals surface area contributed by atoms with Crippen molar-refractivity contribution < 1.29 is 18.3 Å². The van der Waals surface area contributed by atoms with Crippen LogP contribution in [-0.4, -0.2) is 23.5 Å². The molecule has 0 radical (unpaired) electrons. The fourth-order valence-electron chi connectivity index (χ4n) is 2.97. The summed E-state index contributed by atoms with van der Waals surface area (Å²) in [6.45, 7) is -2.51. The molecular weight excluding hydrogens is 364 g/mol. The first-order chi connectivity index (χ1) is 13.6. The number of anilines is 1. The predicted octanol–water partition coefficient (Wildman–Crippen LogP) is 4.34. The molecule has 28 heavy (non-hydrogen) atoms. The Hall–Kier alpha value is -3.22. The van der Waals surface area contributed by atoms with E-state index in [1.165, 1.54) is 6.07 Å². The Labute approximate surface area is 160 Å². The number of amides is 1. The van der Waals surface area contributed by atoms with Crippen molar-refractivity contribution in [3.63, 3.8) is 0 Å². The Morgan fingerprint density at radius 1 is 1.14 bits per heavy atom. The zero-order valence-corrected chi connectivity index (χ0v) is 15.0. The Morgan fingerprint density at radius 2 is 1.96 bits per heavy atom. The number of ether oxygens (including phenoxy) is 1. The van der Waals surface area contributed by atoms with Crippen LogP contribution in [0, 0.1) is 0 Å². The van der Waals surface area contributed by atoms with Gasteiger partial charge in [-0.15, -0.1) is 0 Å². The van der Waals surface area contributed by atoms with Gasteiger partial charge < -0.3 is 15.4 Å². The van der Waals surface area contributed by atoms with E-state index in [1.807, 2.05) is 24.3 Å². The Balaban J connectivity index is 1.56. The molecule has 0 spiro atoms. The fraction of sp³-hybridized carbons (Fsp3) is 0.238. The molecule has 5 nitrogen and oxygen atoms in total. The monoisotopic (exact) mass is 383 g/mol. The molecule has 0 unspecified atom stereocenters. The number of halogens is 2. The molecule has 1 aliphatic carbocycles. The zero-order chi connectivity index (χ0) is 19.5. The molecule has 1 fully saturated rings. The average molecular weight is 383 g/mol. The average Bonchev–Trinajstić information content (AvgIpc) is 3.49. The topological polar surface area (TPSA) is 63.2 Å². The third kappa shape index (κ3) is 4.36. The van der Waals surface area contributed by atoms with Gasteiger partial charge in [0, 0.05) is 18.0 Å². The lowest BCUT2D eigenvalue weighted by molar-refractivity contribution is -0.0498. The molecule has 4 rings (SSSR count). The standard InChI is InChI=1S/C21H19F2N3O2/c22-21(23)28-15-5-3-4-13(10-15)12-24-19-11-17(20(27)25-14-8-9-14)16-6-1-2-7-18(16)26-19/h1-7,10-11,14,21H,8-9,12H2,(H,24,26)(H,25,27). The number of alkyl halides is 2. The minimum Gasteiger partial charge on any atom is -0.435 e. The highest BCUT2D eigenvalue weighted by molar-refractivity contribution is 6.07. The van der Waals surface area contributed by atoms with Crippen LogP contribution in [0.1, 0.15) is 28.8 Å². The van der Waals surface area contributed by atoms with Crippen LogP contribution in [0.15, 0.2) is 54.6 Å². The SMILES string of the molecule is O=C(NC1CC1)c1cc(NCc2cccc(OC(F)F)c2)nc2ccccc12. The number of hydrogen-bond acceptors (Lipinski definition) is 4. The van der Waals surface area contributed by atoms with Crippen molar-refractivity contribution in [1.82, 2.24) is 10.3 Å². The summed E-state index contributed by atoms with van der Waals surface area (Å²) in [7, 11) is 0. The van der Waals surface area contributed by atoms with Gasteiger partial charge in [0.25, 0.3) is 5.91 Å². The van der Waals surface area contributed by atoms with E-state index < -0.39 is 6.61 Å². The predicted molar refractivity (Wildman–Crippen MR) is 103 cm³/mol. The van der Waals surface area contributed by atoms with Crippen LogP contribution in [0.2, 0.25) is 0 Å². The molecular formula is C21H19F2N3O2. The van der Waals surface area contributed by atoms with Crippen LogP contribution in [0.25, 0.3) is 10.9 Å². The Bertz CT molecular complexity index is 1010. The molecule has 2 N–H and O–H groups in total. The molecule has 3 aromatic rings. The van der Waals surface area contributed by atoms with Gasteiger partial charge in [-0.25, -0.2) is 4.98 Å². The van der Waals surface area contributed by atoms with Gasteiger partial charge in [0.2, 0.25) is 0 Å². The summed E-state index contributed by atoms with van der Waals surface area (Å²) in [4.78, 5) is 17.2. The summed E-state index contributed by atoms with van der Waals surface area (Å²) in [6.07, 6.45) is 2.02. The van der Waals surface area contributed by atoms with Gasteiger partial charge in [-0.05, 0) is 42.7 Å². The van der Waals surface area contributed by atoms with E-state index in [1.54, 1.807) is 24.3 Å². The van der Waals surface area contributed by atoms with Crippen LogP contribution >= 0.6 is 0 Å². The number of hydrogen-bond donors (Lipinski definition) is 2. The second-order valence-electron chi connectivity index (χ2n) is 6.70. The number of pyridine rings is 1. The maximum atomic E-state index is 12.6. The van der Waals surface area contributed by atoms with Gasteiger partial charge >= 0.3 is 6.61 Å². The van der Waals surface area contributed by atoms with Crippen molar-refractivity contribution in [3.05, 3.63) is 65.7 Å². The molecule has 2 aromatic carbocycles. The molecule has 7 heteroatoms. The molecule has 1 amide bonds. The number of benzene rings is 2. The summed E-state index contributed by atoms with van der Waals surface area (Å²) >= 11 is 0. The minimum absolute atomic E-state index is 0.102. The Morgan fingerprint density at radius 3 is 2.75 bits per heavy atom. The van der Waals surface area contributed by atoms with E-state index in [-0.39, 0.29) is 17.7 Å². The lowest BCUT2D eigenvalue weighted by Gasteiger charge is -2.12. The number of carbonyl (C=O) groups is 1. The first-order valence-electron chi connectivity index (χ1n) is 9.07. The molecule has 0 aliphatic heterocycles. The fourth-order valence-corrected chi connectivity index (χ4v) is 2.97. The number of nitrogens with one attached hydrogen (secondary N) is 2. The lowest BCUT2D eigenvalue weighted by Crippen LogP contribution is -2.25. The zero-order valence-electron chi connectivity index (χ0n) is 15.0. The summed E-state index contributed by atoms with van der Waals surface area (Å²) in [5.74, 6) is 0.529. The summed E-state index contributed by atoms with van der Waals surface area (Å²) in [5.41, 5.74) is 2.04. The molecule has 0 saturated heterocycles. The molecule has 1 aromatic heterocycles. The van der Waals surface area contributed by atoms with Crippen molar-refractivity contribution in [3.8, 4) is 5.75 Å². The number of nitrogens with zero attached hydrogens (tertiary/aromatic N) is 1. The third-order valence-electron chi connectivity index (χ3n) is 4.47. The van der Waals surface area contributed by atoms with E-state index >= 15 is 0 Å². The van der Waals surface area contributed by atoms with Crippen LogP contribution in [0.5, 0.6) is 5.75 Å². The first-order valence-corrected chi connectivity index (χ1v) is 9.07. The quantitative estimate of drug-likeness (QED) is 0.637. The summed E-state index contributed by atoms with van der Waals surface area (Å²) in [5, 5.41) is 6.96. The largest absolute Gasteiger partial charge is 0.435 e. The van der Waals surface area contributed by atoms with E-state index in [0.717, 1.165) is 23.8 Å². The van der Waals surface area contributed by atoms with Crippen LogP contribution < -0.4 is 15.4 Å². The van der Waals surface area contributed by atoms with Gasteiger partial charge in [0.15, 0.2) is 0 Å². The second kappa shape index (κ2) is 7.80. The number of para-hydroxylation sites is 1. The first kappa shape index (κ1) is 18.2. The van der Waals surface area contributed by atoms with Gasteiger partial charge in [-0.1, -0.05) is 30.3 Å².